The number of rotatable bonds is 4. The lowest BCUT2D eigenvalue weighted by Crippen LogP contribution is -2.47. The van der Waals surface area contributed by atoms with Crippen LogP contribution in [0.3, 0.4) is 0 Å². The Hall–Kier alpha value is -1.11. The highest BCUT2D eigenvalue weighted by molar-refractivity contribution is 7.99. The Kier molecular flexibility index (Phi) is 5.61. The number of hydrogen-bond donors (Lipinski definition) is 2. The molecule has 1 fully saturated rings. The van der Waals surface area contributed by atoms with Crippen molar-refractivity contribution in [1.82, 2.24) is 4.90 Å². The monoisotopic (exact) mass is 323 g/mol. The predicted octanol–water partition coefficient (Wildman–Crippen LogP) is 2.09. The number of anilines is 1. The molecule has 6 heteroatoms. The first-order valence-corrected chi connectivity index (χ1v) is 8.49. The van der Waals surface area contributed by atoms with Gasteiger partial charge in [0.25, 0.3) is 0 Å². The summed E-state index contributed by atoms with van der Waals surface area (Å²) in [6, 6.07) is 7.20. The molecule has 3 N–H and O–H groups in total. The first kappa shape index (κ1) is 16.3. The highest BCUT2D eigenvalue weighted by Gasteiger charge is 2.25. The average Bonchev–Trinajstić information content (AvgIpc) is 2.46. The van der Waals surface area contributed by atoms with Gasteiger partial charge in [0.1, 0.15) is 4.99 Å². The first-order chi connectivity index (χ1) is 9.97. The lowest BCUT2D eigenvalue weighted by Gasteiger charge is -2.34. The Morgan fingerprint density at radius 1 is 1.57 bits per heavy atom. The number of hydrogen-bond acceptors (Lipinski definition) is 4. The second-order valence-electron chi connectivity index (χ2n) is 5.29. The zero-order chi connectivity index (χ0) is 15.4. The molecule has 114 valence electrons. The van der Waals surface area contributed by atoms with E-state index >= 15 is 0 Å². The van der Waals surface area contributed by atoms with Crippen molar-refractivity contribution in [2.75, 3.05) is 24.2 Å². The molecule has 4 nitrogen and oxygen atoms in total. The second kappa shape index (κ2) is 7.24. The molecule has 21 heavy (non-hydrogen) atoms. The van der Waals surface area contributed by atoms with Gasteiger partial charge in [-0.2, -0.15) is 11.8 Å². The van der Waals surface area contributed by atoms with E-state index in [1.165, 1.54) is 0 Å². The van der Waals surface area contributed by atoms with Crippen LogP contribution in [0.25, 0.3) is 0 Å². The maximum absolute atomic E-state index is 12.4. The van der Waals surface area contributed by atoms with Gasteiger partial charge in [0.15, 0.2) is 0 Å². The van der Waals surface area contributed by atoms with Crippen LogP contribution in [0.15, 0.2) is 24.3 Å². The lowest BCUT2D eigenvalue weighted by molar-refractivity contribution is -0.120. The number of benzene rings is 1. The summed E-state index contributed by atoms with van der Waals surface area (Å²) < 4.78 is 0. The Bertz CT molecular complexity index is 535. The Labute approximate surface area is 135 Å². The van der Waals surface area contributed by atoms with Gasteiger partial charge in [-0.05, 0) is 19.1 Å². The molecular formula is C15H21N3OS2. The van der Waals surface area contributed by atoms with E-state index < -0.39 is 0 Å². The van der Waals surface area contributed by atoms with Crippen LogP contribution in [0.5, 0.6) is 0 Å². The molecule has 1 saturated heterocycles. The Balaban J connectivity index is 2.00. The summed E-state index contributed by atoms with van der Waals surface area (Å²) in [4.78, 5) is 14.9. The number of carbonyl (C=O) groups is 1. The summed E-state index contributed by atoms with van der Waals surface area (Å²) in [5.74, 6) is 1.09. The summed E-state index contributed by atoms with van der Waals surface area (Å²) in [7, 11) is 0. The van der Waals surface area contributed by atoms with E-state index in [0.717, 1.165) is 30.1 Å². The number of amides is 1. The van der Waals surface area contributed by atoms with Gasteiger partial charge in [0.2, 0.25) is 5.91 Å². The predicted molar refractivity (Wildman–Crippen MR) is 93.9 cm³/mol. The smallest absolute Gasteiger partial charge is 0.241 e. The van der Waals surface area contributed by atoms with Crippen molar-refractivity contribution in [2.45, 2.75) is 25.1 Å². The maximum Gasteiger partial charge on any atom is 0.241 e. The molecule has 2 unspecified atom stereocenters. The van der Waals surface area contributed by atoms with Gasteiger partial charge in [-0.25, -0.2) is 0 Å². The molecule has 0 bridgehead atoms. The fourth-order valence-electron chi connectivity index (χ4n) is 2.36. The minimum Gasteiger partial charge on any atom is -0.389 e. The molecule has 0 spiro atoms. The third-order valence-corrected chi connectivity index (χ3v) is 4.99. The quantitative estimate of drug-likeness (QED) is 0.831. The summed E-state index contributed by atoms with van der Waals surface area (Å²) in [5.41, 5.74) is 7.11. The number of carbonyl (C=O) groups excluding carboxylic acids is 1. The highest BCUT2D eigenvalue weighted by atomic mass is 32.2. The summed E-state index contributed by atoms with van der Waals surface area (Å²) in [6.45, 7) is 6.06. The molecule has 1 aliphatic rings. The van der Waals surface area contributed by atoms with Crippen LogP contribution < -0.4 is 11.1 Å². The number of nitrogens with one attached hydrogen (secondary N) is 1. The zero-order valence-corrected chi connectivity index (χ0v) is 14.0. The number of thioether (sulfide) groups is 1. The number of nitrogens with zero attached hydrogens (tertiary/aromatic N) is 1. The molecule has 1 amide bonds. The highest BCUT2D eigenvalue weighted by Crippen LogP contribution is 2.20. The molecule has 1 heterocycles. The van der Waals surface area contributed by atoms with Crippen LogP contribution in [0.4, 0.5) is 5.69 Å². The maximum atomic E-state index is 12.4. The van der Waals surface area contributed by atoms with Crippen molar-refractivity contribution >= 4 is 40.6 Å². The van der Waals surface area contributed by atoms with Gasteiger partial charge in [0.05, 0.1) is 6.04 Å². The molecule has 2 atom stereocenters. The van der Waals surface area contributed by atoms with E-state index in [1.807, 2.05) is 43.0 Å². The molecule has 0 aromatic heterocycles. The standard InChI is InChI=1S/C15H21N3OS2/c1-10-9-18(6-7-21-10)11(2)15(19)17-13-5-3-4-12(8-13)14(16)20/h3-5,8,10-11H,6-7,9H2,1-2H3,(H2,16,20)(H,17,19). The fourth-order valence-corrected chi connectivity index (χ4v) is 3.53. The van der Waals surface area contributed by atoms with Crippen molar-refractivity contribution in [2.24, 2.45) is 5.73 Å². The Morgan fingerprint density at radius 3 is 3.00 bits per heavy atom. The lowest BCUT2D eigenvalue weighted by atomic mass is 10.2. The molecule has 2 rings (SSSR count). The first-order valence-electron chi connectivity index (χ1n) is 7.03. The average molecular weight is 323 g/mol. The fraction of sp³-hybridized carbons (Fsp3) is 0.467. The van der Waals surface area contributed by atoms with Gasteiger partial charge in [0, 0.05) is 35.3 Å². The van der Waals surface area contributed by atoms with Gasteiger partial charge >= 0.3 is 0 Å². The van der Waals surface area contributed by atoms with Crippen molar-refractivity contribution in [1.29, 1.82) is 0 Å². The molecule has 1 aromatic rings. The van der Waals surface area contributed by atoms with Crippen LogP contribution in [0.1, 0.15) is 19.4 Å². The molecular weight excluding hydrogens is 302 g/mol. The van der Waals surface area contributed by atoms with E-state index in [4.69, 9.17) is 18.0 Å². The van der Waals surface area contributed by atoms with E-state index in [2.05, 4.69) is 17.1 Å². The topological polar surface area (TPSA) is 58.4 Å². The molecule has 1 aromatic carbocycles. The summed E-state index contributed by atoms with van der Waals surface area (Å²) in [5, 5.41) is 3.52. The van der Waals surface area contributed by atoms with Crippen molar-refractivity contribution < 1.29 is 4.79 Å². The third-order valence-electron chi connectivity index (χ3n) is 3.61. The van der Waals surface area contributed by atoms with Crippen molar-refractivity contribution in [3.8, 4) is 0 Å². The number of nitrogens with two attached hydrogens (primary N) is 1. The summed E-state index contributed by atoms with van der Waals surface area (Å²) >= 11 is 6.92. The van der Waals surface area contributed by atoms with Crippen LogP contribution in [-0.2, 0) is 4.79 Å². The van der Waals surface area contributed by atoms with E-state index in [-0.39, 0.29) is 11.9 Å². The minimum absolute atomic E-state index is 0.00851. The zero-order valence-electron chi connectivity index (χ0n) is 12.3. The van der Waals surface area contributed by atoms with E-state index in [9.17, 15) is 4.79 Å². The van der Waals surface area contributed by atoms with E-state index in [0.29, 0.717) is 10.2 Å². The molecule has 0 radical (unpaired) electrons. The SMILES string of the molecule is CC1CN(C(C)C(=O)Nc2cccc(C(N)=S)c2)CCS1. The summed E-state index contributed by atoms with van der Waals surface area (Å²) in [6.07, 6.45) is 0. The molecule has 0 saturated carbocycles. The van der Waals surface area contributed by atoms with E-state index in [1.54, 1.807) is 0 Å². The van der Waals surface area contributed by atoms with Gasteiger partial charge in [-0.1, -0.05) is 31.3 Å². The second-order valence-corrected chi connectivity index (χ2v) is 7.27. The van der Waals surface area contributed by atoms with Gasteiger partial charge in [-0.3, -0.25) is 9.69 Å². The van der Waals surface area contributed by atoms with Crippen molar-refractivity contribution in [3.05, 3.63) is 29.8 Å². The van der Waals surface area contributed by atoms with Gasteiger partial charge < -0.3 is 11.1 Å². The molecule has 0 aliphatic carbocycles. The normalized spacial score (nSPS) is 20.8. The third kappa shape index (κ3) is 4.43. The molecule has 1 aliphatic heterocycles. The largest absolute Gasteiger partial charge is 0.389 e. The Morgan fingerprint density at radius 2 is 2.33 bits per heavy atom. The minimum atomic E-state index is -0.137. The number of thiocarbonyl (C=S) groups is 1. The van der Waals surface area contributed by atoms with Gasteiger partial charge in [-0.15, -0.1) is 0 Å². The van der Waals surface area contributed by atoms with Crippen LogP contribution in [0.2, 0.25) is 0 Å². The van der Waals surface area contributed by atoms with Crippen LogP contribution in [0, 0.1) is 0 Å². The van der Waals surface area contributed by atoms with Crippen LogP contribution >= 0.6 is 24.0 Å². The van der Waals surface area contributed by atoms with Crippen LogP contribution in [-0.4, -0.2) is 45.9 Å². The van der Waals surface area contributed by atoms with Crippen molar-refractivity contribution in [3.63, 3.8) is 0 Å².